The van der Waals surface area contributed by atoms with E-state index in [1.807, 2.05) is 0 Å². The normalized spacial score (nSPS) is 23.1. The number of sulfonamides is 1. The quantitative estimate of drug-likeness (QED) is 0.713. The smallest absolute Gasteiger partial charge is 0.212 e. The topological polar surface area (TPSA) is 92.3 Å². The van der Waals surface area contributed by atoms with E-state index in [4.69, 9.17) is 0 Å². The van der Waals surface area contributed by atoms with Crippen molar-refractivity contribution in [3.05, 3.63) is 0 Å². The maximum Gasteiger partial charge on any atom is 0.212 e. The van der Waals surface area contributed by atoms with Crippen LogP contribution in [0.15, 0.2) is 0 Å². The lowest BCUT2D eigenvalue weighted by Crippen LogP contribution is -2.53. The van der Waals surface area contributed by atoms with E-state index in [0.717, 1.165) is 25.6 Å². The van der Waals surface area contributed by atoms with Gasteiger partial charge in [0, 0.05) is 18.8 Å². The van der Waals surface area contributed by atoms with Gasteiger partial charge in [-0.15, -0.1) is 12.4 Å². The van der Waals surface area contributed by atoms with Crippen LogP contribution in [0.4, 0.5) is 0 Å². The predicted octanol–water partition coefficient (Wildman–Crippen LogP) is 0.150. The number of hydrogen-bond acceptors (Lipinski definition) is 5. The molecule has 20 heavy (non-hydrogen) atoms. The molecule has 0 aromatic rings. The number of hydrogen-bond donors (Lipinski definition) is 2. The molecule has 0 amide bonds. The van der Waals surface area contributed by atoms with Gasteiger partial charge in [-0.3, -0.25) is 0 Å². The summed E-state index contributed by atoms with van der Waals surface area (Å²) in [7, 11) is -6.79. The summed E-state index contributed by atoms with van der Waals surface area (Å²) in [6.07, 6.45) is 3.17. The molecule has 0 aromatic carbocycles. The van der Waals surface area contributed by atoms with Crippen molar-refractivity contribution in [3.8, 4) is 0 Å². The van der Waals surface area contributed by atoms with E-state index < -0.39 is 19.9 Å². The summed E-state index contributed by atoms with van der Waals surface area (Å²) in [6.45, 7) is 5.40. The van der Waals surface area contributed by atoms with Crippen LogP contribution in [-0.4, -0.2) is 53.7 Å². The fourth-order valence-electron chi connectivity index (χ4n) is 2.16. The van der Waals surface area contributed by atoms with Gasteiger partial charge in [0.1, 0.15) is 9.84 Å². The number of rotatable bonds is 6. The molecule has 0 bridgehead atoms. The van der Waals surface area contributed by atoms with Crippen molar-refractivity contribution in [2.45, 2.75) is 32.7 Å². The molecule has 2 N–H and O–H groups in total. The molecule has 1 atom stereocenters. The maximum atomic E-state index is 11.7. The van der Waals surface area contributed by atoms with Crippen LogP contribution in [-0.2, 0) is 19.9 Å². The molecule has 1 fully saturated rings. The zero-order valence-electron chi connectivity index (χ0n) is 12.2. The lowest BCUT2D eigenvalue weighted by molar-refractivity contribution is 0.182. The van der Waals surface area contributed by atoms with E-state index in [1.165, 1.54) is 0 Å². The predicted molar refractivity (Wildman–Crippen MR) is 83.6 cm³/mol. The van der Waals surface area contributed by atoms with Crippen molar-refractivity contribution in [3.63, 3.8) is 0 Å². The minimum absolute atomic E-state index is 0. The molecule has 0 spiro atoms. The standard InChI is InChI=1S/C11H24N2O4S2.ClH/c1-11(2)5-4-6-12-10(11)9-13-19(16,17)8-7-18(3,14)15;/h10,12-13H,4-9H2,1-3H3;1H. The lowest BCUT2D eigenvalue weighted by Gasteiger charge is -2.39. The summed E-state index contributed by atoms with van der Waals surface area (Å²) in [5.74, 6) is -0.719. The monoisotopic (exact) mass is 348 g/mol. The van der Waals surface area contributed by atoms with Crippen LogP contribution >= 0.6 is 12.4 Å². The van der Waals surface area contributed by atoms with Crippen LogP contribution in [0.5, 0.6) is 0 Å². The average Bonchev–Trinajstić information content (AvgIpc) is 2.24. The Labute approximate surface area is 128 Å². The zero-order chi connectivity index (χ0) is 14.7. The minimum atomic E-state index is -3.53. The van der Waals surface area contributed by atoms with E-state index in [1.54, 1.807) is 0 Å². The van der Waals surface area contributed by atoms with Gasteiger partial charge in [0.25, 0.3) is 0 Å². The average molecular weight is 349 g/mol. The molecular weight excluding hydrogens is 324 g/mol. The fraction of sp³-hybridized carbons (Fsp3) is 1.00. The molecule has 122 valence electrons. The molecule has 9 heteroatoms. The van der Waals surface area contributed by atoms with Crippen LogP contribution < -0.4 is 10.0 Å². The molecular formula is C11H25ClN2O4S2. The third-order valence-corrected chi connectivity index (χ3v) is 6.11. The van der Waals surface area contributed by atoms with E-state index in [0.29, 0.717) is 6.54 Å². The summed E-state index contributed by atoms with van der Waals surface area (Å²) in [5.41, 5.74) is 0.0393. The highest BCUT2D eigenvalue weighted by molar-refractivity contribution is 7.93. The third kappa shape index (κ3) is 7.21. The highest BCUT2D eigenvalue weighted by atomic mass is 35.5. The van der Waals surface area contributed by atoms with Crippen molar-refractivity contribution in [2.75, 3.05) is 30.9 Å². The Morgan fingerprint density at radius 3 is 2.30 bits per heavy atom. The molecule has 1 aliphatic heterocycles. The largest absolute Gasteiger partial charge is 0.312 e. The van der Waals surface area contributed by atoms with Crippen LogP contribution in [0.25, 0.3) is 0 Å². The molecule has 1 aliphatic rings. The Morgan fingerprint density at radius 1 is 1.20 bits per heavy atom. The molecule has 1 rings (SSSR count). The first-order valence-electron chi connectivity index (χ1n) is 6.40. The number of sulfone groups is 1. The van der Waals surface area contributed by atoms with Crippen molar-refractivity contribution in [1.29, 1.82) is 0 Å². The van der Waals surface area contributed by atoms with Gasteiger partial charge in [0.2, 0.25) is 10.0 Å². The van der Waals surface area contributed by atoms with Crippen LogP contribution in [0.3, 0.4) is 0 Å². The fourth-order valence-corrected chi connectivity index (χ4v) is 4.82. The molecule has 1 heterocycles. The number of halogens is 1. The molecule has 0 aliphatic carbocycles. The van der Waals surface area contributed by atoms with Gasteiger partial charge < -0.3 is 5.32 Å². The Hall–Kier alpha value is 0.110. The van der Waals surface area contributed by atoms with Gasteiger partial charge in [-0.2, -0.15) is 0 Å². The first-order valence-corrected chi connectivity index (χ1v) is 10.1. The minimum Gasteiger partial charge on any atom is -0.312 e. The Kier molecular flexibility index (Phi) is 7.44. The highest BCUT2D eigenvalue weighted by Gasteiger charge is 2.32. The summed E-state index contributed by atoms with van der Waals surface area (Å²) in [6, 6.07) is 0.0780. The second kappa shape index (κ2) is 7.40. The summed E-state index contributed by atoms with van der Waals surface area (Å²) < 4.78 is 47.9. The second-order valence-electron chi connectivity index (χ2n) is 5.90. The van der Waals surface area contributed by atoms with Crippen LogP contribution in [0.1, 0.15) is 26.7 Å². The SMILES string of the molecule is CC1(C)CCCNC1CNS(=O)(=O)CCS(C)(=O)=O.Cl. The van der Waals surface area contributed by atoms with Crippen molar-refractivity contribution in [1.82, 2.24) is 10.0 Å². The van der Waals surface area contributed by atoms with Crippen molar-refractivity contribution >= 4 is 32.3 Å². The van der Waals surface area contributed by atoms with E-state index in [-0.39, 0.29) is 35.4 Å². The van der Waals surface area contributed by atoms with E-state index >= 15 is 0 Å². The van der Waals surface area contributed by atoms with Gasteiger partial charge in [0.15, 0.2) is 0 Å². The Balaban J connectivity index is 0.00000361. The summed E-state index contributed by atoms with van der Waals surface area (Å²) in [5, 5.41) is 3.31. The molecule has 0 aromatic heterocycles. The van der Waals surface area contributed by atoms with Crippen molar-refractivity contribution in [2.24, 2.45) is 5.41 Å². The Bertz CT molecular complexity index is 503. The third-order valence-electron chi connectivity index (χ3n) is 3.56. The first-order chi connectivity index (χ1) is 8.52. The van der Waals surface area contributed by atoms with E-state index in [2.05, 4.69) is 23.9 Å². The number of nitrogens with one attached hydrogen (secondary N) is 2. The molecule has 0 radical (unpaired) electrons. The van der Waals surface area contributed by atoms with Crippen LogP contribution in [0.2, 0.25) is 0 Å². The van der Waals surface area contributed by atoms with Crippen molar-refractivity contribution < 1.29 is 16.8 Å². The molecule has 1 saturated heterocycles. The van der Waals surface area contributed by atoms with Gasteiger partial charge >= 0.3 is 0 Å². The summed E-state index contributed by atoms with van der Waals surface area (Å²) in [4.78, 5) is 0. The highest BCUT2D eigenvalue weighted by Crippen LogP contribution is 2.29. The summed E-state index contributed by atoms with van der Waals surface area (Å²) >= 11 is 0. The molecule has 1 unspecified atom stereocenters. The van der Waals surface area contributed by atoms with Gasteiger partial charge in [0.05, 0.1) is 11.5 Å². The van der Waals surface area contributed by atoms with Crippen LogP contribution in [0, 0.1) is 5.41 Å². The maximum absolute atomic E-state index is 11.7. The second-order valence-corrected chi connectivity index (χ2v) is 10.1. The zero-order valence-corrected chi connectivity index (χ0v) is 14.6. The molecule has 6 nitrogen and oxygen atoms in total. The number of piperidine rings is 1. The van der Waals surface area contributed by atoms with Gasteiger partial charge in [-0.1, -0.05) is 13.8 Å². The van der Waals surface area contributed by atoms with Gasteiger partial charge in [-0.25, -0.2) is 21.6 Å². The Morgan fingerprint density at radius 2 is 1.80 bits per heavy atom. The van der Waals surface area contributed by atoms with Gasteiger partial charge in [-0.05, 0) is 24.8 Å². The lowest BCUT2D eigenvalue weighted by atomic mass is 9.78. The van der Waals surface area contributed by atoms with E-state index in [9.17, 15) is 16.8 Å². The first kappa shape index (κ1) is 20.1. The molecule has 0 saturated carbocycles.